The van der Waals surface area contributed by atoms with Crippen molar-refractivity contribution in [1.29, 1.82) is 0 Å². The van der Waals surface area contributed by atoms with E-state index in [0.717, 1.165) is 18.9 Å². The third-order valence-corrected chi connectivity index (χ3v) is 7.70. The number of unbranched alkanes of at least 4 members (excludes halogenated alkanes) is 1. The molecule has 3 heterocycles. The predicted molar refractivity (Wildman–Crippen MR) is 157 cm³/mol. The summed E-state index contributed by atoms with van der Waals surface area (Å²) in [6.45, 7) is 1.42. The Bertz CT molecular complexity index is 1340. The van der Waals surface area contributed by atoms with Crippen molar-refractivity contribution >= 4 is 46.7 Å². The van der Waals surface area contributed by atoms with Gasteiger partial charge in [0.25, 0.3) is 0 Å². The fourth-order valence-corrected chi connectivity index (χ4v) is 5.22. The van der Waals surface area contributed by atoms with Gasteiger partial charge in [0.2, 0.25) is 0 Å². The maximum absolute atomic E-state index is 13.7. The molecule has 7 N–H and O–H groups in total. The van der Waals surface area contributed by atoms with Crippen molar-refractivity contribution in [2.24, 2.45) is 16.5 Å². The number of aliphatic imine (C=N–C) groups is 1. The molecule has 1 aromatic heterocycles. The number of methoxy groups -OCH3 is 1. The number of halogens is 2. The largest absolute Gasteiger partial charge is 0.480 e. The summed E-state index contributed by atoms with van der Waals surface area (Å²) >= 11 is 7.67. The second-order valence-electron chi connectivity index (χ2n) is 9.52. The van der Waals surface area contributed by atoms with Crippen LogP contribution >= 0.6 is 22.9 Å². The Morgan fingerprint density at radius 3 is 2.70 bits per heavy atom. The molecule has 0 saturated carbocycles. The highest BCUT2D eigenvalue weighted by molar-refractivity contribution is 7.11. The van der Waals surface area contributed by atoms with Crippen molar-refractivity contribution < 1.29 is 38.5 Å². The van der Waals surface area contributed by atoms with Crippen LogP contribution in [-0.2, 0) is 23.9 Å². The molecule has 43 heavy (non-hydrogen) atoms. The highest BCUT2D eigenvalue weighted by atomic mass is 35.5. The van der Waals surface area contributed by atoms with Gasteiger partial charge < -0.3 is 36.5 Å². The average Bonchev–Trinajstić information content (AvgIpc) is 3.52. The third-order valence-electron chi connectivity index (χ3n) is 6.60. The van der Waals surface area contributed by atoms with E-state index in [0.29, 0.717) is 48.2 Å². The minimum Gasteiger partial charge on any atom is -0.480 e. The molecule has 1 fully saturated rings. The number of carboxylic acid groups (broad SMARTS) is 2. The van der Waals surface area contributed by atoms with E-state index in [1.165, 1.54) is 30.6 Å². The van der Waals surface area contributed by atoms with Crippen LogP contribution in [0.1, 0.15) is 35.9 Å². The number of hydrogen-bond donors (Lipinski definition) is 5. The molecule has 2 aromatic rings. The van der Waals surface area contributed by atoms with Gasteiger partial charge in [0, 0.05) is 40.9 Å². The Labute approximate surface area is 256 Å². The minimum absolute atomic E-state index is 0.0246. The van der Waals surface area contributed by atoms with Gasteiger partial charge in [-0.05, 0) is 31.5 Å². The number of aliphatic carboxylic acids is 2. The van der Waals surface area contributed by atoms with Gasteiger partial charge in [-0.2, -0.15) is 0 Å². The third kappa shape index (κ3) is 9.26. The number of amidine groups is 1. The SMILES string of the molecule is COC(=O)C1=C(CN2CCOC[C@H]2C(=O)O)NC(c2nccs2)=N[C@H]1c1ccc(F)cc1Cl.NCCCC[C@@H](N)C(=O)O. The highest BCUT2D eigenvalue weighted by Gasteiger charge is 2.37. The van der Waals surface area contributed by atoms with Crippen LogP contribution in [0, 0.1) is 5.82 Å². The lowest BCUT2D eigenvalue weighted by atomic mass is 9.95. The van der Waals surface area contributed by atoms with Crippen molar-refractivity contribution in [3.8, 4) is 0 Å². The van der Waals surface area contributed by atoms with Gasteiger partial charge in [0.05, 0.1) is 25.9 Å². The number of nitrogens with zero attached hydrogens (tertiary/aromatic N) is 3. The molecule has 0 radical (unpaired) electrons. The number of carbonyl (C=O) groups is 3. The quantitative estimate of drug-likeness (QED) is 0.176. The number of nitrogens with one attached hydrogen (secondary N) is 1. The first-order chi connectivity index (χ1) is 20.6. The van der Waals surface area contributed by atoms with E-state index >= 15 is 0 Å². The first kappa shape index (κ1) is 34.0. The number of hydrogen-bond acceptors (Lipinski definition) is 12. The highest BCUT2D eigenvalue weighted by Crippen LogP contribution is 2.37. The zero-order valence-electron chi connectivity index (χ0n) is 23.4. The second kappa shape index (κ2) is 16.4. The van der Waals surface area contributed by atoms with Crippen molar-refractivity contribution in [2.45, 2.75) is 37.4 Å². The molecule has 0 bridgehead atoms. The smallest absolute Gasteiger partial charge is 0.338 e. The molecule has 0 amide bonds. The van der Waals surface area contributed by atoms with E-state index in [1.54, 1.807) is 16.5 Å². The zero-order valence-corrected chi connectivity index (χ0v) is 24.9. The molecule has 3 atom stereocenters. The Hall–Kier alpha value is -3.47. The molecule has 4 rings (SSSR count). The average molecular weight is 641 g/mol. The fourth-order valence-electron chi connectivity index (χ4n) is 4.36. The van der Waals surface area contributed by atoms with Crippen molar-refractivity contribution in [2.75, 3.05) is 40.0 Å². The second-order valence-corrected chi connectivity index (χ2v) is 10.8. The van der Waals surface area contributed by atoms with Gasteiger partial charge in [-0.1, -0.05) is 24.1 Å². The first-order valence-corrected chi connectivity index (χ1v) is 14.6. The molecule has 16 heteroatoms. The summed E-state index contributed by atoms with van der Waals surface area (Å²) in [6.07, 6.45) is 3.78. The lowest BCUT2D eigenvalue weighted by Gasteiger charge is -2.35. The number of carboxylic acids is 2. The lowest BCUT2D eigenvalue weighted by Crippen LogP contribution is -2.52. The fraction of sp³-hybridized carbons (Fsp3) is 0.444. The van der Waals surface area contributed by atoms with Crippen molar-refractivity contribution in [1.82, 2.24) is 15.2 Å². The van der Waals surface area contributed by atoms with Crippen molar-refractivity contribution in [3.05, 3.63) is 62.5 Å². The van der Waals surface area contributed by atoms with Crippen LogP contribution in [-0.4, -0.2) is 95.9 Å². The summed E-state index contributed by atoms with van der Waals surface area (Å²) in [6, 6.07) is 1.33. The number of benzene rings is 1. The standard InChI is InChI=1S/C21H20ClFN4O5S.C6H14N2O2/c1-31-21(30)16-14(9-27-5-6-32-10-15(27)20(28)29)25-18(19-24-4-7-33-19)26-17(16)12-3-2-11(23)8-13(12)22;7-4-2-1-3-5(8)6(9)10/h2-4,7-8,15,17H,5-6,9-10H2,1H3,(H,25,26)(H,28,29);5H,1-4,7-8H2,(H,9,10)/t15-,17-;5-/m01/s1. The van der Waals surface area contributed by atoms with E-state index in [1.807, 2.05) is 0 Å². The van der Waals surface area contributed by atoms with Crippen LogP contribution in [0.25, 0.3) is 0 Å². The molecular formula is C27H34ClFN6O7S. The number of morpholine rings is 1. The molecule has 1 aromatic carbocycles. The topological polar surface area (TPSA) is 203 Å². The molecular weight excluding hydrogens is 607 g/mol. The number of rotatable bonds is 11. The predicted octanol–water partition coefficient (Wildman–Crippen LogP) is 1.77. The molecule has 0 aliphatic carbocycles. The van der Waals surface area contributed by atoms with Gasteiger partial charge in [-0.15, -0.1) is 11.3 Å². The summed E-state index contributed by atoms with van der Waals surface area (Å²) in [4.78, 5) is 45.5. The summed E-state index contributed by atoms with van der Waals surface area (Å²) in [5.41, 5.74) is 11.4. The number of esters is 1. The first-order valence-electron chi connectivity index (χ1n) is 13.3. The van der Waals surface area contributed by atoms with Crippen molar-refractivity contribution in [3.63, 3.8) is 0 Å². The summed E-state index contributed by atoms with van der Waals surface area (Å²) in [7, 11) is 1.24. The van der Waals surface area contributed by atoms with Gasteiger partial charge in [0.15, 0.2) is 10.8 Å². The van der Waals surface area contributed by atoms with Crippen LogP contribution in [0.4, 0.5) is 4.39 Å². The minimum atomic E-state index is -1.03. The number of ether oxygens (including phenoxy) is 2. The number of carbonyl (C=O) groups excluding carboxylic acids is 1. The molecule has 2 aliphatic rings. The van der Waals surface area contributed by atoms with Crippen LogP contribution < -0.4 is 16.8 Å². The Kier molecular flexibility index (Phi) is 13.0. The summed E-state index contributed by atoms with van der Waals surface area (Å²) in [5, 5.41) is 23.5. The van der Waals surface area contributed by atoms with Gasteiger partial charge in [-0.25, -0.2) is 14.2 Å². The van der Waals surface area contributed by atoms with Crippen LogP contribution in [0.3, 0.4) is 0 Å². The van der Waals surface area contributed by atoms with E-state index in [4.69, 9.17) is 37.6 Å². The normalized spacial score (nSPS) is 19.4. The Morgan fingerprint density at radius 2 is 2.09 bits per heavy atom. The molecule has 0 spiro atoms. The molecule has 13 nitrogen and oxygen atoms in total. The van der Waals surface area contributed by atoms with E-state index in [9.17, 15) is 23.9 Å². The van der Waals surface area contributed by atoms with E-state index in [-0.39, 0.29) is 23.7 Å². The lowest BCUT2D eigenvalue weighted by molar-refractivity contribution is -0.149. The van der Waals surface area contributed by atoms with Crippen LogP contribution in [0.2, 0.25) is 5.02 Å². The van der Waals surface area contributed by atoms with Gasteiger partial charge >= 0.3 is 17.9 Å². The molecule has 2 aliphatic heterocycles. The zero-order chi connectivity index (χ0) is 31.5. The molecule has 0 unspecified atom stereocenters. The Morgan fingerprint density at radius 1 is 1.33 bits per heavy atom. The summed E-state index contributed by atoms with van der Waals surface area (Å²) < 4.78 is 24.1. The molecule has 1 saturated heterocycles. The summed E-state index contributed by atoms with van der Waals surface area (Å²) in [5.74, 6) is -2.76. The van der Waals surface area contributed by atoms with E-state index in [2.05, 4.69) is 15.3 Å². The Balaban J connectivity index is 0.000000436. The van der Waals surface area contributed by atoms with Gasteiger partial charge in [0.1, 0.15) is 23.9 Å². The van der Waals surface area contributed by atoms with Gasteiger partial charge in [-0.3, -0.25) is 19.5 Å². The maximum atomic E-state index is 13.7. The van der Waals surface area contributed by atoms with Crippen LogP contribution in [0.15, 0.2) is 46.0 Å². The number of thiazole rings is 1. The van der Waals surface area contributed by atoms with E-state index < -0.39 is 41.9 Å². The monoisotopic (exact) mass is 640 g/mol. The maximum Gasteiger partial charge on any atom is 0.338 e. The number of aromatic nitrogens is 1. The number of nitrogens with two attached hydrogens (primary N) is 2. The molecule has 234 valence electrons. The van der Waals surface area contributed by atoms with Crippen LogP contribution in [0.5, 0.6) is 0 Å².